The Morgan fingerprint density at radius 2 is 1.73 bits per heavy atom. The Labute approximate surface area is 267 Å². The van der Waals surface area contributed by atoms with Crippen molar-refractivity contribution in [1.29, 1.82) is 0 Å². The second-order valence-electron chi connectivity index (χ2n) is 13.3. The number of carbonyl (C=O) groups excluding carboxylic acids is 2. The van der Waals surface area contributed by atoms with Gasteiger partial charge in [0.25, 0.3) is 0 Å². The Bertz CT molecular complexity index is 975. The van der Waals surface area contributed by atoms with E-state index in [0.29, 0.717) is 31.3 Å². The first-order valence-corrected chi connectivity index (χ1v) is 17.6. The highest BCUT2D eigenvalue weighted by molar-refractivity contribution is 5.76. The zero-order valence-corrected chi connectivity index (χ0v) is 28.1. The molecule has 248 valence electrons. The quantitative estimate of drug-likeness (QED) is 0.0693. The van der Waals surface area contributed by atoms with Crippen molar-refractivity contribution in [2.45, 2.75) is 143 Å². The zero-order valence-electron chi connectivity index (χ0n) is 28.1. The molecule has 1 aromatic rings. The van der Waals surface area contributed by atoms with Gasteiger partial charge in [0.15, 0.2) is 0 Å². The van der Waals surface area contributed by atoms with Gasteiger partial charge in [0, 0.05) is 31.4 Å². The number of aryl methyl sites for hydroxylation is 1. The van der Waals surface area contributed by atoms with Crippen LogP contribution in [0.15, 0.2) is 42.0 Å². The van der Waals surface area contributed by atoms with Crippen molar-refractivity contribution in [2.24, 2.45) is 23.7 Å². The van der Waals surface area contributed by atoms with Gasteiger partial charge in [-0.1, -0.05) is 74.6 Å². The standard InChI is InChI=1S/C38H61NO5/c1-5-7-9-18-32-27-35(28-40)34(26-33(32)22-21-30-14-10-8-11-15-30)23-24-36(44-6-2)19-12-16-31(17-13-20-38(42)43)25-37(41)39-29(3)4/h8,10-11,14-15,26,28-29,31-33,35-36H,5-7,9,12-13,16-25,27H2,1-4H3,(H,39,41)(H,42,43). The van der Waals surface area contributed by atoms with E-state index in [1.807, 2.05) is 20.8 Å². The van der Waals surface area contributed by atoms with Gasteiger partial charge in [0.1, 0.15) is 6.29 Å². The number of hydrogen-bond acceptors (Lipinski definition) is 4. The molecule has 0 heterocycles. The van der Waals surface area contributed by atoms with Crippen molar-refractivity contribution < 1.29 is 24.2 Å². The fourth-order valence-electron chi connectivity index (χ4n) is 6.93. The van der Waals surface area contributed by atoms with E-state index < -0.39 is 5.97 Å². The predicted molar refractivity (Wildman–Crippen MR) is 180 cm³/mol. The number of ether oxygens (including phenoxy) is 1. The third-order valence-corrected chi connectivity index (χ3v) is 9.24. The molecule has 2 N–H and O–H groups in total. The lowest BCUT2D eigenvalue weighted by molar-refractivity contribution is -0.137. The fourth-order valence-corrected chi connectivity index (χ4v) is 6.93. The maximum Gasteiger partial charge on any atom is 0.303 e. The molecule has 0 bridgehead atoms. The zero-order chi connectivity index (χ0) is 32.2. The summed E-state index contributed by atoms with van der Waals surface area (Å²) < 4.78 is 6.18. The minimum absolute atomic E-state index is 0.00923. The largest absolute Gasteiger partial charge is 0.481 e. The van der Waals surface area contributed by atoms with E-state index in [-0.39, 0.29) is 36.3 Å². The van der Waals surface area contributed by atoms with Crippen LogP contribution in [-0.2, 0) is 25.5 Å². The van der Waals surface area contributed by atoms with Gasteiger partial charge in [-0.05, 0) is 108 Å². The van der Waals surface area contributed by atoms with Crippen LogP contribution in [0.2, 0.25) is 0 Å². The number of allylic oxidation sites excluding steroid dienone is 2. The second-order valence-corrected chi connectivity index (χ2v) is 13.3. The monoisotopic (exact) mass is 611 g/mol. The van der Waals surface area contributed by atoms with Crippen LogP contribution in [0, 0.1) is 23.7 Å². The highest BCUT2D eigenvalue weighted by atomic mass is 16.5. The topological polar surface area (TPSA) is 92.7 Å². The summed E-state index contributed by atoms with van der Waals surface area (Å²) in [6.07, 6.45) is 18.3. The third kappa shape index (κ3) is 15.5. The number of carbonyl (C=O) groups is 3. The molecular formula is C38H61NO5. The SMILES string of the molecule is CCCCCC1CC(C=O)C(CCC(CCCC(CCCC(=O)O)CC(=O)NC(C)C)OCC)=CC1CCc1ccccc1. The number of rotatable bonds is 24. The molecule has 1 amide bonds. The number of nitrogens with one attached hydrogen (secondary N) is 1. The van der Waals surface area contributed by atoms with Crippen molar-refractivity contribution in [1.82, 2.24) is 5.32 Å². The van der Waals surface area contributed by atoms with Crippen molar-refractivity contribution in [3.05, 3.63) is 47.5 Å². The Hall–Kier alpha value is -2.47. The highest BCUT2D eigenvalue weighted by Crippen LogP contribution is 2.40. The van der Waals surface area contributed by atoms with E-state index in [9.17, 15) is 14.4 Å². The highest BCUT2D eigenvalue weighted by Gasteiger charge is 2.31. The summed E-state index contributed by atoms with van der Waals surface area (Å²) in [5.74, 6) is 0.513. The fraction of sp³-hybridized carbons (Fsp3) is 0.711. The normalized spacial score (nSPS) is 19.8. The first-order chi connectivity index (χ1) is 21.2. The molecule has 2 rings (SSSR count). The summed E-state index contributed by atoms with van der Waals surface area (Å²) in [5, 5.41) is 12.1. The molecule has 0 fully saturated rings. The molecule has 6 nitrogen and oxygen atoms in total. The average Bonchev–Trinajstić information content (AvgIpc) is 2.99. The predicted octanol–water partition coefficient (Wildman–Crippen LogP) is 8.72. The summed E-state index contributed by atoms with van der Waals surface area (Å²) in [7, 11) is 0. The van der Waals surface area contributed by atoms with Crippen molar-refractivity contribution in [2.75, 3.05) is 6.61 Å². The number of aldehydes is 1. The third-order valence-electron chi connectivity index (χ3n) is 9.24. The Morgan fingerprint density at radius 1 is 0.977 bits per heavy atom. The molecule has 0 radical (unpaired) electrons. The van der Waals surface area contributed by atoms with Crippen LogP contribution in [0.3, 0.4) is 0 Å². The molecule has 1 aliphatic rings. The maximum atomic E-state index is 12.5. The molecule has 6 heteroatoms. The summed E-state index contributed by atoms with van der Waals surface area (Å²) in [6, 6.07) is 10.8. The molecule has 0 aliphatic heterocycles. The first kappa shape index (κ1) is 37.7. The molecule has 5 unspecified atom stereocenters. The molecule has 1 aromatic carbocycles. The lowest BCUT2D eigenvalue weighted by Crippen LogP contribution is -2.31. The van der Waals surface area contributed by atoms with E-state index in [0.717, 1.165) is 57.8 Å². The number of aliphatic carboxylic acids is 1. The minimum atomic E-state index is -0.785. The van der Waals surface area contributed by atoms with Crippen LogP contribution in [0.1, 0.15) is 130 Å². The molecule has 44 heavy (non-hydrogen) atoms. The number of carboxylic acid groups (broad SMARTS) is 1. The Kier molecular flexibility index (Phi) is 18.9. The van der Waals surface area contributed by atoms with Crippen LogP contribution in [0.4, 0.5) is 0 Å². The minimum Gasteiger partial charge on any atom is -0.481 e. The molecule has 1 aliphatic carbocycles. The number of unbranched alkanes of at least 4 members (excludes halogenated alkanes) is 2. The number of carboxylic acids is 1. The van der Waals surface area contributed by atoms with E-state index in [4.69, 9.17) is 9.84 Å². The van der Waals surface area contributed by atoms with Crippen molar-refractivity contribution >= 4 is 18.2 Å². The van der Waals surface area contributed by atoms with Gasteiger partial charge in [-0.2, -0.15) is 0 Å². The first-order valence-electron chi connectivity index (χ1n) is 17.6. The van der Waals surface area contributed by atoms with Crippen molar-refractivity contribution in [3.63, 3.8) is 0 Å². The Morgan fingerprint density at radius 3 is 2.39 bits per heavy atom. The van der Waals surface area contributed by atoms with E-state index >= 15 is 0 Å². The van der Waals surface area contributed by atoms with E-state index in [2.05, 4.69) is 48.6 Å². The molecule has 5 atom stereocenters. The van der Waals surface area contributed by atoms with Crippen LogP contribution < -0.4 is 5.32 Å². The van der Waals surface area contributed by atoms with Gasteiger partial charge >= 0.3 is 5.97 Å². The van der Waals surface area contributed by atoms with Gasteiger partial charge in [-0.3, -0.25) is 9.59 Å². The Balaban J connectivity index is 2.02. The lowest BCUT2D eigenvalue weighted by Gasteiger charge is -2.34. The number of hydrogen-bond donors (Lipinski definition) is 2. The average molecular weight is 612 g/mol. The van der Waals surface area contributed by atoms with Crippen LogP contribution in [0.25, 0.3) is 0 Å². The van der Waals surface area contributed by atoms with Crippen LogP contribution in [0.5, 0.6) is 0 Å². The van der Waals surface area contributed by atoms with Gasteiger partial charge in [-0.25, -0.2) is 0 Å². The molecule has 0 spiro atoms. The summed E-state index contributed by atoms with van der Waals surface area (Å²) in [5.41, 5.74) is 2.68. The van der Waals surface area contributed by atoms with Gasteiger partial charge in [-0.15, -0.1) is 0 Å². The van der Waals surface area contributed by atoms with Crippen LogP contribution in [-0.4, -0.2) is 42.0 Å². The van der Waals surface area contributed by atoms with E-state index in [1.54, 1.807) is 0 Å². The van der Waals surface area contributed by atoms with Gasteiger partial charge in [0.05, 0.1) is 6.10 Å². The maximum absolute atomic E-state index is 12.5. The molecule has 0 saturated heterocycles. The summed E-state index contributed by atoms with van der Waals surface area (Å²) in [4.78, 5) is 35.8. The summed E-state index contributed by atoms with van der Waals surface area (Å²) >= 11 is 0. The molecule has 0 aromatic heterocycles. The van der Waals surface area contributed by atoms with Gasteiger partial charge < -0.3 is 20.0 Å². The van der Waals surface area contributed by atoms with Gasteiger partial charge in [0.2, 0.25) is 5.91 Å². The molecule has 0 saturated carbocycles. The summed E-state index contributed by atoms with van der Waals surface area (Å²) in [6.45, 7) is 8.85. The van der Waals surface area contributed by atoms with Crippen molar-refractivity contribution in [3.8, 4) is 0 Å². The van der Waals surface area contributed by atoms with Crippen LogP contribution >= 0.6 is 0 Å². The van der Waals surface area contributed by atoms with E-state index in [1.165, 1.54) is 43.1 Å². The number of amides is 1. The second kappa shape index (κ2) is 22.1. The number of benzene rings is 1. The lowest BCUT2D eigenvalue weighted by atomic mass is 9.70. The molecular weight excluding hydrogens is 550 g/mol. The smallest absolute Gasteiger partial charge is 0.303 e.